The molecule has 2 aliphatic rings. The molecule has 2 aromatic rings. The Kier molecular flexibility index (Phi) is 6.53. The summed E-state index contributed by atoms with van der Waals surface area (Å²) in [6, 6.07) is 6.90. The Labute approximate surface area is 169 Å². The molecule has 0 atom stereocenters. The molecular weight excluding hydrogens is 375 g/mol. The lowest BCUT2D eigenvalue weighted by molar-refractivity contribution is 0.0320. The van der Waals surface area contributed by atoms with E-state index < -0.39 is 0 Å². The van der Waals surface area contributed by atoms with E-state index in [0.29, 0.717) is 24.7 Å². The lowest BCUT2D eigenvalue weighted by Crippen LogP contribution is -2.41. The first-order valence-corrected chi connectivity index (χ1v) is 10.2. The van der Waals surface area contributed by atoms with Gasteiger partial charge in [-0.2, -0.15) is 0 Å². The minimum absolute atomic E-state index is 0.188. The van der Waals surface area contributed by atoms with Crippen LogP contribution in [0.5, 0.6) is 0 Å². The Morgan fingerprint density at radius 2 is 2.10 bits per heavy atom. The molecule has 0 unspecified atom stereocenters. The maximum Gasteiger partial charge on any atom is 0.273 e. The number of hydrogen-bond acceptors (Lipinski definition) is 6. The number of rotatable bonds is 9. The molecule has 1 aliphatic heterocycles. The van der Waals surface area contributed by atoms with Crippen LogP contribution in [0.3, 0.4) is 0 Å². The van der Waals surface area contributed by atoms with Crippen LogP contribution in [-0.4, -0.2) is 66.1 Å². The minimum Gasteiger partial charge on any atom is -0.447 e. The molecule has 1 amide bonds. The second-order valence-corrected chi connectivity index (χ2v) is 7.67. The van der Waals surface area contributed by atoms with Crippen molar-refractivity contribution in [2.75, 3.05) is 39.4 Å². The number of ether oxygens (including phenoxy) is 1. The van der Waals surface area contributed by atoms with Gasteiger partial charge in [0.15, 0.2) is 5.69 Å². The van der Waals surface area contributed by atoms with Gasteiger partial charge in [0, 0.05) is 38.8 Å². The number of nitrogens with zero attached hydrogens (tertiary/aromatic N) is 3. The van der Waals surface area contributed by atoms with Crippen molar-refractivity contribution >= 4 is 5.91 Å². The van der Waals surface area contributed by atoms with Crippen molar-refractivity contribution in [2.45, 2.75) is 32.0 Å². The number of nitrogens with one attached hydrogen (secondary N) is 1. The van der Waals surface area contributed by atoms with Crippen molar-refractivity contribution < 1.29 is 18.3 Å². The molecular formula is C21H27FN4O3. The van der Waals surface area contributed by atoms with Crippen molar-refractivity contribution in [3.63, 3.8) is 0 Å². The molecule has 1 aromatic carbocycles. The van der Waals surface area contributed by atoms with Crippen LogP contribution >= 0.6 is 0 Å². The van der Waals surface area contributed by atoms with Crippen LogP contribution in [0.25, 0.3) is 0 Å². The first kappa shape index (κ1) is 20.0. The van der Waals surface area contributed by atoms with Crippen LogP contribution in [0.2, 0.25) is 0 Å². The predicted molar refractivity (Wildman–Crippen MR) is 105 cm³/mol. The zero-order chi connectivity index (χ0) is 20.1. The van der Waals surface area contributed by atoms with Gasteiger partial charge in [0.25, 0.3) is 5.91 Å². The number of amides is 1. The number of carbonyl (C=O) groups excluding carboxylic acids is 1. The number of oxazole rings is 1. The molecule has 0 spiro atoms. The van der Waals surface area contributed by atoms with Gasteiger partial charge in [-0.3, -0.25) is 14.6 Å². The highest BCUT2D eigenvalue weighted by atomic mass is 19.1. The fraction of sp³-hybridized carbons (Fsp3) is 0.524. The van der Waals surface area contributed by atoms with E-state index in [1.54, 1.807) is 12.1 Å². The number of benzene rings is 1. The second-order valence-electron chi connectivity index (χ2n) is 7.67. The van der Waals surface area contributed by atoms with Crippen LogP contribution in [0.4, 0.5) is 4.39 Å². The maximum absolute atomic E-state index is 13.6. The molecule has 1 aromatic heterocycles. The molecule has 29 heavy (non-hydrogen) atoms. The molecule has 0 radical (unpaired) electrons. The number of hydrogen-bond donors (Lipinski definition) is 1. The maximum atomic E-state index is 13.6. The Morgan fingerprint density at radius 3 is 2.86 bits per heavy atom. The van der Waals surface area contributed by atoms with Gasteiger partial charge in [-0.15, -0.1) is 0 Å². The minimum atomic E-state index is -0.245. The summed E-state index contributed by atoms with van der Waals surface area (Å²) in [6.07, 6.45) is 3.47. The summed E-state index contributed by atoms with van der Waals surface area (Å²) >= 11 is 0. The van der Waals surface area contributed by atoms with Crippen LogP contribution < -0.4 is 5.32 Å². The summed E-state index contributed by atoms with van der Waals surface area (Å²) in [7, 11) is 0. The van der Waals surface area contributed by atoms with Crippen molar-refractivity contribution in [3.8, 4) is 0 Å². The van der Waals surface area contributed by atoms with Gasteiger partial charge in [-0.05, 0) is 30.5 Å². The Balaban J connectivity index is 1.39. The van der Waals surface area contributed by atoms with Gasteiger partial charge in [-0.1, -0.05) is 12.1 Å². The van der Waals surface area contributed by atoms with E-state index in [-0.39, 0.29) is 17.8 Å². The first-order valence-electron chi connectivity index (χ1n) is 10.2. The first-order chi connectivity index (χ1) is 14.2. The molecule has 1 saturated heterocycles. The van der Waals surface area contributed by atoms with Crippen LogP contribution in [0, 0.1) is 5.82 Å². The van der Waals surface area contributed by atoms with E-state index in [0.717, 1.165) is 57.8 Å². The normalized spacial score (nSPS) is 17.6. The number of aromatic nitrogens is 1. The lowest BCUT2D eigenvalue weighted by Gasteiger charge is -2.29. The summed E-state index contributed by atoms with van der Waals surface area (Å²) in [5.74, 6) is 0.0580. The Bertz CT molecular complexity index is 818. The SMILES string of the molecule is O=C(NC1CC1)c1coc(CN(CCN2CCOCC2)Cc2cccc(F)c2)n1. The second kappa shape index (κ2) is 9.47. The Hall–Kier alpha value is -2.29. The van der Waals surface area contributed by atoms with E-state index in [2.05, 4.69) is 20.1 Å². The van der Waals surface area contributed by atoms with Crippen LogP contribution in [-0.2, 0) is 17.8 Å². The van der Waals surface area contributed by atoms with E-state index >= 15 is 0 Å². The summed E-state index contributed by atoms with van der Waals surface area (Å²) < 4.78 is 24.6. The fourth-order valence-electron chi connectivity index (χ4n) is 3.38. The summed E-state index contributed by atoms with van der Waals surface area (Å²) in [5.41, 5.74) is 1.20. The van der Waals surface area contributed by atoms with E-state index in [9.17, 15) is 9.18 Å². The monoisotopic (exact) mass is 402 g/mol. The van der Waals surface area contributed by atoms with Gasteiger partial charge < -0.3 is 14.5 Å². The van der Waals surface area contributed by atoms with Gasteiger partial charge >= 0.3 is 0 Å². The molecule has 2 fully saturated rings. The summed E-state index contributed by atoms with van der Waals surface area (Å²) in [4.78, 5) is 21.0. The molecule has 0 bridgehead atoms. The zero-order valence-corrected chi connectivity index (χ0v) is 16.5. The average Bonchev–Trinajstić information content (AvgIpc) is 3.41. The standard InChI is InChI=1S/C21H27FN4O3/c22-17-3-1-2-16(12-17)13-26(7-6-25-8-10-28-11-9-25)14-20-24-19(15-29-20)21(27)23-18-4-5-18/h1-3,12,15,18H,4-11,13-14H2,(H,23,27). The molecule has 2 heterocycles. The van der Waals surface area contributed by atoms with Crippen molar-refractivity contribution in [3.05, 3.63) is 53.5 Å². The average molecular weight is 402 g/mol. The molecule has 156 valence electrons. The fourth-order valence-corrected chi connectivity index (χ4v) is 3.38. The van der Waals surface area contributed by atoms with Gasteiger partial charge in [-0.25, -0.2) is 9.37 Å². The van der Waals surface area contributed by atoms with E-state index in [1.165, 1.54) is 12.3 Å². The van der Waals surface area contributed by atoms with Gasteiger partial charge in [0.1, 0.15) is 12.1 Å². The smallest absolute Gasteiger partial charge is 0.273 e. The molecule has 1 aliphatic carbocycles. The van der Waals surface area contributed by atoms with Crippen LogP contribution in [0.15, 0.2) is 34.9 Å². The molecule has 8 heteroatoms. The molecule has 7 nitrogen and oxygen atoms in total. The van der Waals surface area contributed by atoms with Crippen molar-refractivity contribution in [2.24, 2.45) is 0 Å². The molecule has 1 N–H and O–H groups in total. The third kappa shape index (κ3) is 6.09. The van der Waals surface area contributed by atoms with E-state index in [1.807, 2.05) is 6.07 Å². The lowest BCUT2D eigenvalue weighted by atomic mass is 10.2. The number of halogens is 1. The highest BCUT2D eigenvalue weighted by molar-refractivity contribution is 5.92. The van der Waals surface area contributed by atoms with Gasteiger partial charge in [0.2, 0.25) is 5.89 Å². The Morgan fingerprint density at radius 1 is 1.28 bits per heavy atom. The van der Waals surface area contributed by atoms with E-state index in [4.69, 9.17) is 9.15 Å². The van der Waals surface area contributed by atoms with Crippen molar-refractivity contribution in [1.82, 2.24) is 20.1 Å². The number of carbonyl (C=O) groups is 1. The topological polar surface area (TPSA) is 70.8 Å². The molecule has 4 rings (SSSR count). The predicted octanol–water partition coefficient (Wildman–Crippen LogP) is 2.04. The highest BCUT2D eigenvalue weighted by Gasteiger charge is 2.25. The third-order valence-electron chi connectivity index (χ3n) is 5.19. The van der Waals surface area contributed by atoms with Crippen LogP contribution in [0.1, 0.15) is 34.8 Å². The van der Waals surface area contributed by atoms with Crippen molar-refractivity contribution in [1.29, 1.82) is 0 Å². The zero-order valence-electron chi connectivity index (χ0n) is 16.5. The third-order valence-corrected chi connectivity index (χ3v) is 5.19. The highest BCUT2D eigenvalue weighted by Crippen LogP contribution is 2.19. The molecule has 1 saturated carbocycles. The number of morpholine rings is 1. The summed E-state index contributed by atoms with van der Waals surface area (Å²) in [5, 5.41) is 2.92. The quantitative estimate of drug-likeness (QED) is 0.692. The van der Waals surface area contributed by atoms with Gasteiger partial charge in [0.05, 0.1) is 19.8 Å². The largest absolute Gasteiger partial charge is 0.447 e. The summed E-state index contributed by atoms with van der Waals surface area (Å²) in [6.45, 7) is 6.03.